The molecule has 1 aromatic carbocycles. The number of nitro groups is 1. The van der Waals surface area contributed by atoms with Crippen LogP contribution in [0.3, 0.4) is 0 Å². The number of para-hydroxylation sites is 1. The third-order valence-corrected chi connectivity index (χ3v) is 2.79. The van der Waals surface area contributed by atoms with Crippen LogP contribution in [-0.2, 0) is 0 Å². The molecule has 0 unspecified atom stereocenters. The van der Waals surface area contributed by atoms with Crippen molar-refractivity contribution in [2.45, 2.75) is 26.4 Å². The van der Waals surface area contributed by atoms with Crippen molar-refractivity contribution < 1.29 is 14.8 Å². The van der Waals surface area contributed by atoms with E-state index in [1.165, 1.54) is 18.0 Å². The number of nitrogens with one attached hydrogen (secondary N) is 1. The maximum atomic E-state index is 12.4. The molecule has 1 aromatic rings. The molecule has 2 N–H and O–H groups in total. The van der Waals surface area contributed by atoms with Crippen molar-refractivity contribution >= 4 is 17.3 Å². The normalized spacial score (nSPS) is 11.1. The van der Waals surface area contributed by atoms with Crippen molar-refractivity contribution in [3.63, 3.8) is 0 Å². The number of nitro benzene ring substituents is 1. The molecular formula is C14H21N3O4. The molecule has 7 nitrogen and oxygen atoms in total. The summed E-state index contributed by atoms with van der Waals surface area (Å²) in [6, 6.07) is 4.58. The van der Waals surface area contributed by atoms with Crippen LogP contribution in [0.2, 0.25) is 0 Å². The summed E-state index contributed by atoms with van der Waals surface area (Å²) < 4.78 is 0. The lowest BCUT2D eigenvalue weighted by atomic mass is 10.1. The van der Waals surface area contributed by atoms with Crippen LogP contribution in [-0.4, -0.2) is 46.6 Å². The first-order valence-electron chi connectivity index (χ1n) is 6.66. The van der Waals surface area contributed by atoms with E-state index >= 15 is 0 Å². The molecule has 116 valence electrons. The van der Waals surface area contributed by atoms with Gasteiger partial charge in [-0.1, -0.05) is 6.07 Å². The van der Waals surface area contributed by atoms with Gasteiger partial charge in [-0.25, -0.2) is 0 Å². The topological polar surface area (TPSA) is 95.7 Å². The van der Waals surface area contributed by atoms with E-state index in [9.17, 15) is 20.0 Å². The average Bonchev–Trinajstić information content (AvgIpc) is 2.35. The smallest absolute Gasteiger partial charge is 0.305 e. The van der Waals surface area contributed by atoms with E-state index in [0.717, 1.165) is 0 Å². The summed E-state index contributed by atoms with van der Waals surface area (Å²) >= 11 is 0. The van der Waals surface area contributed by atoms with E-state index in [4.69, 9.17) is 0 Å². The third kappa shape index (κ3) is 4.42. The zero-order valence-electron chi connectivity index (χ0n) is 12.7. The van der Waals surface area contributed by atoms with E-state index in [0.29, 0.717) is 12.2 Å². The van der Waals surface area contributed by atoms with Crippen LogP contribution in [0.1, 0.15) is 31.1 Å². The van der Waals surface area contributed by atoms with Crippen LogP contribution in [0.25, 0.3) is 0 Å². The molecule has 0 bridgehead atoms. The van der Waals surface area contributed by atoms with Crippen LogP contribution in [0.5, 0.6) is 0 Å². The van der Waals surface area contributed by atoms with Crippen molar-refractivity contribution in [2.75, 3.05) is 25.5 Å². The van der Waals surface area contributed by atoms with Crippen LogP contribution >= 0.6 is 0 Å². The van der Waals surface area contributed by atoms with Crippen LogP contribution < -0.4 is 5.32 Å². The number of likely N-dealkylation sites (N-methyl/N-ethyl adjacent to an activating group) is 1. The van der Waals surface area contributed by atoms with E-state index in [1.807, 2.05) is 6.92 Å². The first kappa shape index (κ1) is 16.9. The number of rotatable bonds is 6. The lowest BCUT2D eigenvalue weighted by Gasteiger charge is -2.25. The minimum atomic E-state index is -1.07. The van der Waals surface area contributed by atoms with Crippen LogP contribution in [0.4, 0.5) is 11.4 Å². The van der Waals surface area contributed by atoms with Gasteiger partial charge in [0.05, 0.1) is 10.5 Å². The second-order valence-corrected chi connectivity index (χ2v) is 5.46. The maximum absolute atomic E-state index is 12.4. The Morgan fingerprint density at radius 1 is 1.48 bits per heavy atom. The molecule has 0 aromatic heterocycles. The van der Waals surface area contributed by atoms with Gasteiger partial charge in [0.1, 0.15) is 11.3 Å². The molecule has 7 heteroatoms. The average molecular weight is 295 g/mol. The Balaban J connectivity index is 3.20. The Labute approximate surface area is 123 Å². The van der Waals surface area contributed by atoms with Crippen LogP contribution in [0, 0.1) is 10.1 Å². The Bertz CT molecular complexity index is 538. The fourth-order valence-electron chi connectivity index (χ4n) is 2.10. The van der Waals surface area contributed by atoms with Gasteiger partial charge in [-0.3, -0.25) is 14.9 Å². The molecule has 0 fully saturated rings. The second kappa shape index (κ2) is 6.53. The summed E-state index contributed by atoms with van der Waals surface area (Å²) in [5.41, 5.74) is -1.000. The quantitative estimate of drug-likeness (QED) is 0.617. The molecule has 1 rings (SSSR count). The lowest BCUT2D eigenvalue weighted by Crippen LogP contribution is -2.39. The second-order valence-electron chi connectivity index (χ2n) is 5.46. The fraction of sp³-hybridized carbons (Fsp3) is 0.500. The highest BCUT2D eigenvalue weighted by Gasteiger charge is 2.28. The number of aliphatic hydroxyl groups is 1. The number of amides is 1. The summed E-state index contributed by atoms with van der Waals surface area (Å²) in [4.78, 5) is 24.4. The third-order valence-electron chi connectivity index (χ3n) is 2.79. The van der Waals surface area contributed by atoms with Gasteiger partial charge in [-0.15, -0.1) is 0 Å². The summed E-state index contributed by atoms with van der Waals surface area (Å²) in [7, 11) is 1.50. The van der Waals surface area contributed by atoms with E-state index in [2.05, 4.69) is 5.32 Å². The highest BCUT2D eigenvalue weighted by Crippen LogP contribution is 2.29. The molecule has 0 saturated heterocycles. The lowest BCUT2D eigenvalue weighted by molar-refractivity contribution is -0.384. The molecule has 0 saturated carbocycles. The summed E-state index contributed by atoms with van der Waals surface area (Å²) in [6.45, 7) is 5.55. The largest absolute Gasteiger partial charge is 0.389 e. The predicted molar refractivity (Wildman–Crippen MR) is 80.5 cm³/mol. The SMILES string of the molecule is CCNc1cccc(C(=O)N(C)CC(C)(C)O)c1[N+](=O)[O-]. The van der Waals surface area contributed by atoms with Gasteiger partial charge in [0.15, 0.2) is 0 Å². The molecule has 0 spiro atoms. The van der Waals surface area contributed by atoms with Gasteiger partial charge in [-0.05, 0) is 32.9 Å². The zero-order valence-corrected chi connectivity index (χ0v) is 12.7. The van der Waals surface area contributed by atoms with E-state index in [1.54, 1.807) is 26.0 Å². The summed E-state index contributed by atoms with van der Waals surface area (Å²) in [5, 5.41) is 23.9. The van der Waals surface area contributed by atoms with Gasteiger partial charge >= 0.3 is 5.69 Å². The van der Waals surface area contributed by atoms with Crippen molar-refractivity contribution in [2.24, 2.45) is 0 Å². The molecular weight excluding hydrogens is 274 g/mol. The van der Waals surface area contributed by atoms with Gasteiger partial charge in [0.25, 0.3) is 5.91 Å². The molecule has 0 heterocycles. The molecule has 0 aliphatic carbocycles. The number of nitrogens with zero attached hydrogens (tertiary/aromatic N) is 2. The minimum Gasteiger partial charge on any atom is -0.389 e. The molecule has 1 amide bonds. The molecule has 0 atom stereocenters. The number of hydrogen-bond donors (Lipinski definition) is 2. The maximum Gasteiger partial charge on any atom is 0.305 e. The highest BCUT2D eigenvalue weighted by atomic mass is 16.6. The Kier molecular flexibility index (Phi) is 5.26. The fourth-order valence-corrected chi connectivity index (χ4v) is 2.10. The molecule has 21 heavy (non-hydrogen) atoms. The zero-order chi connectivity index (χ0) is 16.2. The first-order valence-corrected chi connectivity index (χ1v) is 6.66. The standard InChI is InChI=1S/C14H21N3O4/c1-5-15-11-8-6-7-10(12(11)17(20)21)13(18)16(4)9-14(2,3)19/h6-8,15,19H,5,9H2,1-4H3. The van der Waals surface area contributed by atoms with Gasteiger partial charge in [0.2, 0.25) is 0 Å². The monoisotopic (exact) mass is 295 g/mol. The number of anilines is 1. The van der Waals surface area contributed by atoms with Crippen molar-refractivity contribution in [1.82, 2.24) is 4.90 Å². The Hall–Kier alpha value is -2.15. The van der Waals surface area contributed by atoms with Crippen LogP contribution in [0.15, 0.2) is 18.2 Å². The molecule has 0 aliphatic heterocycles. The van der Waals surface area contributed by atoms with Crippen molar-refractivity contribution in [3.8, 4) is 0 Å². The first-order chi connectivity index (χ1) is 9.67. The van der Waals surface area contributed by atoms with Gasteiger partial charge in [0, 0.05) is 20.1 Å². The highest BCUT2D eigenvalue weighted by molar-refractivity contribution is 6.00. The van der Waals surface area contributed by atoms with E-state index < -0.39 is 16.4 Å². The Morgan fingerprint density at radius 2 is 2.10 bits per heavy atom. The summed E-state index contributed by atoms with van der Waals surface area (Å²) in [6.07, 6.45) is 0. The number of carbonyl (C=O) groups excluding carboxylic acids is 1. The molecule has 0 radical (unpaired) electrons. The number of hydrogen-bond acceptors (Lipinski definition) is 5. The number of benzene rings is 1. The molecule has 0 aliphatic rings. The minimum absolute atomic E-state index is 0.00481. The van der Waals surface area contributed by atoms with Gasteiger partial charge in [-0.2, -0.15) is 0 Å². The van der Waals surface area contributed by atoms with Crippen molar-refractivity contribution in [1.29, 1.82) is 0 Å². The van der Waals surface area contributed by atoms with Gasteiger partial charge < -0.3 is 15.3 Å². The van der Waals surface area contributed by atoms with E-state index in [-0.39, 0.29) is 17.8 Å². The van der Waals surface area contributed by atoms with Crippen molar-refractivity contribution in [3.05, 3.63) is 33.9 Å². The number of carbonyl (C=O) groups is 1. The predicted octanol–water partition coefficient (Wildman–Crippen LogP) is 1.87. The Morgan fingerprint density at radius 3 is 2.57 bits per heavy atom. The summed E-state index contributed by atoms with van der Waals surface area (Å²) in [5.74, 6) is -0.497.